The van der Waals surface area contributed by atoms with Crippen molar-refractivity contribution in [3.8, 4) is 0 Å². The van der Waals surface area contributed by atoms with E-state index in [4.69, 9.17) is 10.5 Å². The van der Waals surface area contributed by atoms with E-state index in [9.17, 15) is 0 Å². The first-order valence-electron chi connectivity index (χ1n) is 4.07. The molecule has 0 aromatic carbocycles. The summed E-state index contributed by atoms with van der Waals surface area (Å²) < 4.78 is 5.50. The Morgan fingerprint density at radius 1 is 1.50 bits per heavy atom. The molecule has 0 radical (unpaired) electrons. The normalized spacial score (nSPS) is 24.3. The standard InChI is InChI=1S/C8H17NO/c1-6(9)7(2)10-5-8-3-4-8/h6-8H,3-5,9H2,1-2H3/t6-,7?/m1/s1. The first-order valence-corrected chi connectivity index (χ1v) is 4.07. The molecule has 2 heteroatoms. The fourth-order valence-corrected chi connectivity index (χ4v) is 0.724. The molecule has 0 spiro atoms. The third kappa shape index (κ3) is 2.67. The maximum atomic E-state index is 5.62. The second-order valence-corrected chi connectivity index (χ2v) is 3.34. The minimum absolute atomic E-state index is 0.166. The summed E-state index contributed by atoms with van der Waals surface area (Å²) in [6.07, 6.45) is 2.93. The molecule has 2 atom stereocenters. The molecule has 1 aliphatic rings. The van der Waals surface area contributed by atoms with Crippen molar-refractivity contribution < 1.29 is 4.74 Å². The highest BCUT2D eigenvalue weighted by Crippen LogP contribution is 2.29. The van der Waals surface area contributed by atoms with E-state index in [1.807, 2.05) is 13.8 Å². The van der Waals surface area contributed by atoms with E-state index in [-0.39, 0.29) is 12.1 Å². The molecule has 0 saturated heterocycles. The molecule has 0 aromatic rings. The van der Waals surface area contributed by atoms with Gasteiger partial charge in [0.2, 0.25) is 0 Å². The molecule has 0 amide bonds. The van der Waals surface area contributed by atoms with Crippen molar-refractivity contribution in [3.63, 3.8) is 0 Å². The van der Waals surface area contributed by atoms with Crippen molar-refractivity contribution in [2.75, 3.05) is 6.61 Å². The molecule has 1 unspecified atom stereocenters. The molecule has 0 bridgehead atoms. The van der Waals surface area contributed by atoms with Gasteiger partial charge < -0.3 is 10.5 Å². The molecule has 0 aliphatic heterocycles. The van der Waals surface area contributed by atoms with Gasteiger partial charge in [-0.25, -0.2) is 0 Å². The predicted octanol–water partition coefficient (Wildman–Crippen LogP) is 1.15. The highest BCUT2D eigenvalue weighted by Gasteiger charge is 2.22. The summed E-state index contributed by atoms with van der Waals surface area (Å²) in [5, 5.41) is 0. The van der Waals surface area contributed by atoms with E-state index < -0.39 is 0 Å². The Kier molecular flexibility index (Phi) is 2.69. The minimum atomic E-state index is 0.166. The first kappa shape index (κ1) is 8.02. The van der Waals surface area contributed by atoms with Gasteiger partial charge >= 0.3 is 0 Å². The molecule has 60 valence electrons. The van der Waals surface area contributed by atoms with Crippen LogP contribution in [0.2, 0.25) is 0 Å². The van der Waals surface area contributed by atoms with Crippen LogP contribution in [0.5, 0.6) is 0 Å². The SMILES string of the molecule is CC(OCC1CC1)[C@@H](C)N. The van der Waals surface area contributed by atoms with Gasteiger partial charge in [0, 0.05) is 12.6 Å². The summed E-state index contributed by atoms with van der Waals surface area (Å²) in [5.74, 6) is 0.848. The minimum Gasteiger partial charge on any atom is -0.377 e. The summed E-state index contributed by atoms with van der Waals surface area (Å²) in [5.41, 5.74) is 5.62. The maximum Gasteiger partial charge on any atom is 0.0695 e. The van der Waals surface area contributed by atoms with Crippen molar-refractivity contribution in [2.24, 2.45) is 11.7 Å². The second-order valence-electron chi connectivity index (χ2n) is 3.34. The van der Waals surface area contributed by atoms with Crippen LogP contribution in [-0.2, 0) is 4.74 Å². The van der Waals surface area contributed by atoms with Crippen LogP contribution in [0.1, 0.15) is 26.7 Å². The molecule has 10 heavy (non-hydrogen) atoms. The van der Waals surface area contributed by atoms with Crippen molar-refractivity contribution in [3.05, 3.63) is 0 Å². The number of rotatable bonds is 4. The lowest BCUT2D eigenvalue weighted by Gasteiger charge is -2.15. The van der Waals surface area contributed by atoms with Crippen LogP contribution in [0.25, 0.3) is 0 Å². The van der Waals surface area contributed by atoms with Crippen molar-refractivity contribution in [2.45, 2.75) is 38.8 Å². The van der Waals surface area contributed by atoms with E-state index >= 15 is 0 Å². The average molecular weight is 143 g/mol. The molecule has 1 saturated carbocycles. The maximum absolute atomic E-state index is 5.62. The molecule has 1 rings (SSSR count). The Morgan fingerprint density at radius 2 is 2.10 bits per heavy atom. The van der Waals surface area contributed by atoms with E-state index in [1.165, 1.54) is 12.8 Å². The molecule has 2 nitrogen and oxygen atoms in total. The van der Waals surface area contributed by atoms with Gasteiger partial charge in [-0.15, -0.1) is 0 Å². The van der Waals surface area contributed by atoms with Crippen molar-refractivity contribution in [1.29, 1.82) is 0 Å². The highest BCUT2D eigenvalue weighted by atomic mass is 16.5. The quantitative estimate of drug-likeness (QED) is 0.640. The van der Waals surface area contributed by atoms with Gasteiger partial charge in [0.25, 0.3) is 0 Å². The third-order valence-electron chi connectivity index (χ3n) is 2.03. The van der Waals surface area contributed by atoms with Gasteiger partial charge in [0.05, 0.1) is 6.10 Å². The number of hydrogen-bond acceptors (Lipinski definition) is 2. The van der Waals surface area contributed by atoms with Gasteiger partial charge in [-0.1, -0.05) is 0 Å². The number of hydrogen-bond donors (Lipinski definition) is 1. The van der Waals surface area contributed by atoms with Crippen LogP contribution in [0.3, 0.4) is 0 Å². The van der Waals surface area contributed by atoms with Crippen molar-refractivity contribution >= 4 is 0 Å². The molecular formula is C8H17NO. The van der Waals surface area contributed by atoms with E-state index in [2.05, 4.69) is 0 Å². The molecule has 0 aromatic heterocycles. The smallest absolute Gasteiger partial charge is 0.0695 e. The molecule has 2 N–H and O–H groups in total. The van der Waals surface area contributed by atoms with E-state index in [1.54, 1.807) is 0 Å². The van der Waals surface area contributed by atoms with Crippen LogP contribution in [0, 0.1) is 5.92 Å². The fourth-order valence-electron chi connectivity index (χ4n) is 0.724. The monoisotopic (exact) mass is 143 g/mol. The van der Waals surface area contributed by atoms with Crippen LogP contribution >= 0.6 is 0 Å². The molecular weight excluding hydrogens is 126 g/mol. The lowest BCUT2D eigenvalue weighted by Crippen LogP contribution is -2.31. The Bertz CT molecular complexity index is 99.4. The summed E-state index contributed by atoms with van der Waals surface area (Å²) in [6, 6.07) is 0.166. The van der Waals surface area contributed by atoms with Gasteiger partial charge in [-0.05, 0) is 32.6 Å². The molecule has 1 fully saturated rings. The Morgan fingerprint density at radius 3 is 2.50 bits per heavy atom. The number of nitrogens with two attached hydrogens (primary N) is 1. The van der Waals surface area contributed by atoms with Crippen molar-refractivity contribution in [1.82, 2.24) is 0 Å². The van der Waals surface area contributed by atoms with Crippen LogP contribution in [0.15, 0.2) is 0 Å². The second kappa shape index (κ2) is 3.35. The van der Waals surface area contributed by atoms with E-state index in [0.29, 0.717) is 0 Å². The van der Waals surface area contributed by atoms with Gasteiger partial charge in [0.15, 0.2) is 0 Å². The summed E-state index contributed by atoms with van der Waals surface area (Å²) in [7, 11) is 0. The third-order valence-corrected chi connectivity index (χ3v) is 2.03. The topological polar surface area (TPSA) is 35.2 Å². The van der Waals surface area contributed by atoms with Crippen LogP contribution < -0.4 is 5.73 Å². The Balaban J connectivity index is 1.99. The van der Waals surface area contributed by atoms with Crippen LogP contribution in [-0.4, -0.2) is 18.8 Å². The zero-order valence-corrected chi connectivity index (χ0v) is 6.84. The summed E-state index contributed by atoms with van der Waals surface area (Å²) in [4.78, 5) is 0. The van der Waals surface area contributed by atoms with E-state index in [0.717, 1.165) is 12.5 Å². The number of ether oxygens (including phenoxy) is 1. The average Bonchev–Trinajstić information content (AvgIpc) is 2.64. The Hall–Kier alpha value is -0.0800. The first-order chi connectivity index (χ1) is 4.70. The van der Waals surface area contributed by atoms with Crippen LogP contribution in [0.4, 0.5) is 0 Å². The summed E-state index contributed by atoms with van der Waals surface area (Å²) in [6.45, 7) is 4.94. The highest BCUT2D eigenvalue weighted by molar-refractivity contribution is 4.73. The van der Waals surface area contributed by atoms with Gasteiger partial charge in [0.1, 0.15) is 0 Å². The Labute approximate surface area is 62.7 Å². The predicted molar refractivity (Wildman–Crippen MR) is 41.8 cm³/mol. The summed E-state index contributed by atoms with van der Waals surface area (Å²) >= 11 is 0. The van der Waals surface area contributed by atoms with Gasteiger partial charge in [-0.3, -0.25) is 0 Å². The zero-order valence-electron chi connectivity index (χ0n) is 6.84. The molecule has 1 aliphatic carbocycles. The zero-order chi connectivity index (χ0) is 7.56. The lowest BCUT2D eigenvalue weighted by atomic mass is 10.2. The lowest BCUT2D eigenvalue weighted by molar-refractivity contribution is 0.0451. The fraction of sp³-hybridized carbons (Fsp3) is 1.00. The van der Waals surface area contributed by atoms with Gasteiger partial charge in [-0.2, -0.15) is 0 Å². The molecule has 0 heterocycles. The largest absolute Gasteiger partial charge is 0.377 e.